The van der Waals surface area contributed by atoms with Gasteiger partial charge in [0.1, 0.15) is 0 Å². The van der Waals surface area contributed by atoms with E-state index in [4.69, 9.17) is 0 Å². The molecule has 80 valence electrons. The summed E-state index contributed by atoms with van der Waals surface area (Å²) in [4.78, 5) is 0. The Kier molecular flexibility index (Phi) is 2.66. The average molecular weight is 206 g/mol. The van der Waals surface area contributed by atoms with Gasteiger partial charge in [0.25, 0.3) is 0 Å². The predicted molar refractivity (Wildman–Crippen MR) is 57.4 cm³/mol. The minimum absolute atomic E-state index is 0.802. The number of nitrogens with zero attached hydrogens (tertiary/aromatic N) is 4. The molecular weight excluding hydrogens is 192 g/mol. The molecule has 0 aliphatic rings. The highest BCUT2D eigenvalue weighted by Crippen LogP contribution is 2.18. The fourth-order valence-electron chi connectivity index (χ4n) is 1.48. The molecule has 0 saturated carbocycles. The first-order valence-electron chi connectivity index (χ1n) is 5.03. The third kappa shape index (κ3) is 1.70. The molecule has 0 saturated heterocycles. The van der Waals surface area contributed by atoms with Crippen molar-refractivity contribution < 1.29 is 0 Å². The van der Waals surface area contributed by atoms with Crippen LogP contribution in [0, 0.1) is 0 Å². The van der Waals surface area contributed by atoms with Crippen molar-refractivity contribution in [3.63, 3.8) is 0 Å². The lowest BCUT2D eigenvalue weighted by Crippen LogP contribution is -2.06. The van der Waals surface area contributed by atoms with Crippen LogP contribution in [-0.4, -0.2) is 31.5 Å². The Morgan fingerprint density at radius 2 is 2.27 bits per heavy atom. The second-order valence-corrected chi connectivity index (χ2v) is 3.11. The van der Waals surface area contributed by atoms with Crippen LogP contribution in [0.15, 0.2) is 12.4 Å². The van der Waals surface area contributed by atoms with E-state index >= 15 is 0 Å². The Hall–Kier alpha value is -1.85. The Morgan fingerprint density at radius 1 is 1.40 bits per heavy atom. The van der Waals surface area contributed by atoms with E-state index in [1.54, 1.807) is 6.20 Å². The van der Waals surface area contributed by atoms with Gasteiger partial charge in [0.05, 0.1) is 11.8 Å². The topological polar surface area (TPSA) is 71.4 Å². The van der Waals surface area contributed by atoms with Gasteiger partial charge in [-0.1, -0.05) is 0 Å². The third-order valence-electron chi connectivity index (χ3n) is 2.16. The standard InChI is InChI=1S/C9H14N6/c1-3-10-9-14-13-8(15(9)4-2)7-5-11-12-6-7/h5-6H,3-4H2,1-2H3,(H,10,14)(H,11,12). The van der Waals surface area contributed by atoms with Gasteiger partial charge in [0.2, 0.25) is 5.95 Å². The normalized spacial score (nSPS) is 10.5. The number of hydrogen-bond acceptors (Lipinski definition) is 4. The van der Waals surface area contributed by atoms with Crippen molar-refractivity contribution in [2.75, 3.05) is 11.9 Å². The Balaban J connectivity index is 2.40. The summed E-state index contributed by atoms with van der Waals surface area (Å²) in [5.41, 5.74) is 0.952. The Bertz CT molecular complexity index is 416. The minimum Gasteiger partial charge on any atom is -0.355 e. The molecule has 0 radical (unpaired) electrons. The Labute approximate surface area is 87.7 Å². The number of aromatic amines is 1. The van der Waals surface area contributed by atoms with E-state index in [2.05, 4.69) is 32.6 Å². The van der Waals surface area contributed by atoms with Crippen molar-refractivity contribution in [3.05, 3.63) is 12.4 Å². The molecule has 2 aromatic heterocycles. The van der Waals surface area contributed by atoms with Gasteiger partial charge in [-0.05, 0) is 13.8 Å². The molecule has 0 aliphatic carbocycles. The van der Waals surface area contributed by atoms with Gasteiger partial charge in [-0.3, -0.25) is 9.67 Å². The predicted octanol–water partition coefficient (Wildman–Crippen LogP) is 1.12. The zero-order chi connectivity index (χ0) is 10.7. The van der Waals surface area contributed by atoms with E-state index in [0.29, 0.717) is 0 Å². The Morgan fingerprint density at radius 3 is 2.87 bits per heavy atom. The molecule has 2 aromatic rings. The number of H-pyrrole nitrogens is 1. The molecule has 6 nitrogen and oxygen atoms in total. The number of aromatic nitrogens is 5. The summed E-state index contributed by atoms with van der Waals surface area (Å²) in [6.07, 6.45) is 3.55. The zero-order valence-corrected chi connectivity index (χ0v) is 8.86. The maximum absolute atomic E-state index is 4.14. The van der Waals surface area contributed by atoms with Crippen LogP contribution in [0.5, 0.6) is 0 Å². The minimum atomic E-state index is 0.802. The van der Waals surface area contributed by atoms with Crippen LogP contribution in [0.3, 0.4) is 0 Å². The van der Waals surface area contributed by atoms with Crippen molar-refractivity contribution in [1.29, 1.82) is 0 Å². The molecule has 0 atom stereocenters. The van der Waals surface area contributed by atoms with Crippen LogP contribution in [-0.2, 0) is 6.54 Å². The maximum atomic E-state index is 4.14. The monoisotopic (exact) mass is 206 g/mol. The van der Waals surface area contributed by atoms with Gasteiger partial charge in [0.15, 0.2) is 5.82 Å². The SMILES string of the molecule is CCNc1nnc(-c2cn[nH]c2)n1CC. The summed E-state index contributed by atoms with van der Waals surface area (Å²) >= 11 is 0. The highest BCUT2D eigenvalue weighted by molar-refractivity contribution is 5.54. The van der Waals surface area contributed by atoms with Crippen molar-refractivity contribution in [1.82, 2.24) is 25.0 Å². The maximum Gasteiger partial charge on any atom is 0.224 e. The molecule has 2 rings (SSSR count). The molecule has 0 spiro atoms. The van der Waals surface area contributed by atoms with E-state index in [0.717, 1.165) is 30.4 Å². The summed E-state index contributed by atoms with van der Waals surface area (Å²) in [5.74, 6) is 1.64. The van der Waals surface area contributed by atoms with Crippen molar-refractivity contribution in [3.8, 4) is 11.4 Å². The lowest BCUT2D eigenvalue weighted by molar-refractivity contribution is 0.770. The van der Waals surface area contributed by atoms with Gasteiger partial charge in [-0.25, -0.2) is 0 Å². The first-order valence-corrected chi connectivity index (χ1v) is 5.03. The largest absolute Gasteiger partial charge is 0.355 e. The van der Waals surface area contributed by atoms with Gasteiger partial charge in [-0.2, -0.15) is 5.10 Å². The molecule has 15 heavy (non-hydrogen) atoms. The quantitative estimate of drug-likeness (QED) is 0.786. The van der Waals surface area contributed by atoms with Gasteiger partial charge in [-0.15, -0.1) is 10.2 Å². The van der Waals surface area contributed by atoms with Crippen molar-refractivity contribution >= 4 is 5.95 Å². The molecule has 0 aliphatic heterocycles. The molecule has 0 aromatic carbocycles. The molecule has 6 heteroatoms. The van der Waals surface area contributed by atoms with E-state index in [-0.39, 0.29) is 0 Å². The molecular formula is C9H14N6. The van der Waals surface area contributed by atoms with Gasteiger partial charge in [0, 0.05) is 19.3 Å². The fraction of sp³-hybridized carbons (Fsp3) is 0.444. The van der Waals surface area contributed by atoms with Crippen molar-refractivity contribution in [2.45, 2.75) is 20.4 Å². The van der Waals surface area contributed by atoms with Crippen molar-refractivity contribution in [2.24, 2.45) is 0 Å². The number of hydrogen-bond donors (Lipinski definition) is 2. The molecule has 0 unspecified atom stereocenters. The molecule has 0 amide bonds. The van der Waals surface area contributed by atoms with Crippen LogP contribution in [0.1, 0.15) is 13.8 Å². The number of rotatable bonds is 4. The third-order valence-corrected chi connectivity index (χ3v) is 2.16. The van der Waals surface area contributed by atoms with E-state index in [9.17, 15) is 0 Å². The highest BCUT2D eigenvalue weighted by atomic mass is 15.3. The van der Waals surface area contributed by atoms with Crippen LogP contribution in [0.2, 0.25) is 0 Å². The second kappa shape index (κ2) is 4.12. The van der Waals surface area contributed by atoms with E-state index < -0.39 is 0 Å². The second-order valence-electron chi connectivity index (χ2n) is 3.11. The van der Waals surface area contributed by atoms with E-state index in [1.807, 2.05) is 17.7 Å². The molecule has 0 fully saturated rings. The lowest BCUT2D eigenvalue weighted by atomic mass is 10.3. The number of anilines is 1. The van der Waals surface area contributed by atoms with Crippen LogP contribution >= 0.6 is 0 Å². The fourth-order valence-corrected chi connectivity index (χ4v) is 1.48. The zero-order valence-electron chi connectivity index (χ0n) is 8.86. The van der Waals surface area contributed by atoms with Crippen LogP contribution in [0.4, 0.5) is 5.95 Å². The van der Waals surface area contributed by atoms with Gasteiger partial charge < -0.3 is 5.32 Å². The van der Waals surface area contributed by atoms with Gasteiger partial charge >= 0.3 is 0 Å². The first kappa shape index (κ1) is 9.70. The summed E-state index contributed by atoms with van der Waals surface area (Å²) in [7, 11) is 0. The number of nitrogens with one attached hydrogen (secondary N) is 2. The first-order chi connectivity index (χ1) is 7.36. The highest BCUT2D eigenvalue weighted by Gasteiger charge is 2.12. The summed E-state index contributed by atoms with van der Waals surface area (Å²) < 4.78 is 2.02. The summed E-state index contributed by atoms with van der Waals surface area (Å²) in [5, 5.41) is 18.1. The average Bonchev–Trinajstić information content (AvgIpc) is 2.85. The summed E-state index contributed by atoms with van der Waals surface area (Å²) in [6.45, 7) is 5.76. The molecule has 2 N–H and O–H groups in total. The molecule has 0 bridgehead atoms. The smallest absolute Gasteiger partial charge is 0.224 e. The van der Waals surface area contributed by atoms with Crippen LogP contribution < -0.4 is 5.32 Å². The van der Waals surface area contributed by atoms with E-state index in [1.165, 1.54) is 0 Å². The molecule has 2 heterocycles. The lowest BCUT2D eigenvalue weighted by Gasteiger charge is -2.06. The summed E-state index contributed by atoms with van der Waals surface area (Å²) in [6, 6.07) is 0. The van der Waals surface area contributed by atoms with Crippen LogP contribution in [0.25, 0.3) is 11.4 Å².